The minimum Gasteiger partial charge on any atom is -0.497 e. The first-order valence-electron chi connectivity index (χ1n) is 9.60. The predicted molar refractivity (Wildman–Crippen MR) is 113 cm³/mol. The van der Waals surface area contributed by atoms with E-state index in [4.69, 9.17) is 4.74 Å². The van der Waals surface area contributed by atoms with E-state index in [1.54, 1.807) is 13.2 Å². The van der Waals surface area contributed by atoms with Gasteiger partial charge >= 0.3 is 0 Å². The van der Waals surface area contributed by atoms with E-state index in [1.807, 2.05) is 55.5 Å². The molecule has 0 fully saturated rings. The van der Waals surface area contributed by atoms with Crippen LogP contribution in [0.1, 0.15) is 24.0 Å². The lowest BCUT2D eigenvalue weighted by molar-refractivity contribution is -0.121. The van der Waals surface area contributed by atoms with Crippen LogP contribution >= 0.6 is 0 Å². The summed E-state index contributed by atoms with van der Waals surface area (Å²) in [4.78, 5) is 24.2. The summed E-state index contributed by atoms with van der Waals surface area (Å²) < 4.78 is 6.60. The van der Waals surface area contributed by atoms with Crippen molar-refractivity contribution < 1.29 is 9.53 Å². The van der Waals surface area contributed by atoms with Crippen molar-refractivity contribution in [1.82, 2.24) is 15.1 Å². The molecular formula is C23H25N3O3. The fourth-order valence-corrected chi connectivity index (χ4v) is 2.95. The topological polar surface area (TPSA) is 73.2 Å². The molecule has 3 aromatic rings. The van der Waals surface area contributed by atoms with Gasteiger partial charge in [-0.1, -0.05) is 42.0 Å². The summed E-state index contributed by atoms with van der Waals surface area (Å²) in [5.41, 5.74) is 3.67. The highest BCUT2D eigenvalue weighted by atomic mass is 16.5. The maximum Gasteiger partial charge on any atom is 0.266 e. The minimum atomic E-state index is -0.169. The first kappa shape index (κ1) is 20.3. The molecule has 6 nitrogen and oxygen atoms in total. The Morgan fingerprint density at radius 1 is 1.10 bits per heavy atom. The van der Waals surface area contributed by atoms with Gasteiger partial charge in [0, 0.05) is 31.1 Å². The molecule has 0 radical (unpaired) electrons. The van der Waals surface area contributed by atoms with Crippen molar-refractivity contribution in [3.63, 3.8) is 0 Å². The highest BCUT2D eigenvalue weighted by Crippen LogP contribution is 2.16. The summed E-state index contributed by atoms with van der Waals surface area (Å²) in [6, 6.07) is 18.8. The fraction of sp³-hybridized carbons (Fsp3) is 0.261. The Hall–Kier alpha value is -3.41. The van der Waals surface area contributed by atoms with Gasteiger partial charge in [-0.3, -0.25) is 9.59 Å². The van der Waals surface area contributed by atoms with E-state index in [0.717, 1.165) is 22.6 Å². The molecule has 0 bridgehead atoms. The zero-order valence-electron chi connectivity index (χ0n) is 16.7. The Bertz CT molecular complexity index is 1030. The molecule has 0 aliphatic carbocycles. The summed E-state index contributed by atoms with van der Waals surface area (Å²) in [7, 11) is 1.61. The number of amides is 1. The van der Waals surface area contributed by atoms with Gasteiger partial charge < -0.3 is 10.1 Å². The SMILES string of the molecule is COc1cccc(CNC(=O)CCCn2nc(-c3ccc(C)cc3)ccc2=O)c1. The predicted octanol–water partition coefficient (Wildman–Crippen LogP) is 3.32. The van der Waals surface area contributed by atoms with Crippen LogP contribution in [0.25, 0.3) is 11.3 Å². The normalized spacial score (nSPS) is 10.6. The van der Waals surface area contributed by atoms with E-state index in [1.165, 1.54) is 16.3 Å². The molecule has 0 saturated heterocycles. The van der Waals surface area contributed by atoms with Crippen LogP contribution in [-0.2, 0) is 17.9 Å². The average molecular weight is 391 g/mol. The molecule has 0 aliphatic heterocycles. The molecule has 2 aromatic carbocycles. The second-order valence-electron chi connectivity index (χ2n) is 6.88. The van der Waals surface area contributed by atoms with E-state index in [-0.39, 0.29) is 11.5 Å². The van der Waals surface area contributed by atoms with E-state index >= 15 is 0 Å². The summed E-state index contributed by atoms with van der Waals surface area (Å²) in [6.45, 7) is 2.86. The monoisotopic (exact) mass is 391 g/mol. The lowest BCUT2D eigenvalue weighted by atomic mass is 10.1. The number of hydrogen-bond donors (Lipinski definition) is 1. The number of nitrogens with one attached hydrogen (secondary N) is 1. The Morgan fingerprint density at radius 3 is 2.66 bits per heavy atom. The van der Waals surface area contributed by atoms with Crippen molar-refractivity contribution in [1.29, 1.82) is 0 Å². The zero-order valence-corrected chi connectivity index (χ0v) is 16.7. The van der Waals surface area contributed by atoms with Crippen LogP contribution in [0.3, 0.4) is 0 Å². The standard InChI is InChI=1S/C23H25N3O3/c1-17-8-10-19(11-9-17)21-12-13-23(28)26(25-21)14-4-7-22(27)24-16-18-5-3-6-20(15-18)29-2/h3,5-6,8-13,15H,4,7,14,16H2,1-2H3,(H,24,27). The smallest absolute Gasteiger partial charge is 0.266 e. The van der Waals surface area contributed by atoms with Gasteiger partial charge in [-0.05, 0) is 37.1 Å². The van der Waals surface area contributed by atoms with Gasteiger partial charge in [0.05, 0.1) is 12.8 Å². The molecule has 0 unspecified atom stereocenters. The molecule has 6 heteroatoms. The number of ether oxygens (including phenoxy) is 1. The molecule has 0 spiro atoms. The van der Waals surface area contributed by atoms with Crippen LogP contribution < -0.4 is 15.6 Å². The van der Waals surface area contributed by atoms with Crippen LogP contribution in [0.2, 0.25) is 0 Å². The largest absolute Gasteiger partial charge is 0.497 e. The molecule has 150 valence electrons. The quantitative estimate of drug-likeness (QED) is 0.639. The average Bonchev–Trinajstić information content (AvgIpc) is 2.74. The third-order valence-electron chi connectivity index (χ3n) is 4.61. The lowest BCUT2D eigenvalue weighted by Gasteiger charge is -2.09. The van der Waals surface area contributed by atoms with Gasteiger partial charge in [-0.15, -0.1) is 0 Å². The molecule has 1 N–H and O–H groups in total. The first-order valence-corrected chi connectivity index (χ1v) is 9.60. The van der Waals surface area contributed by atoms with Gasteiger partial charge in [-0.25, -0.2) is 4.68 Å². The Kier molecular flexibility index (Phi) is 6.79. The number of methoxy groups -OCH3 is 1. The third kappa shape index (κ3) is 5.78. The van der Waals surface area contributed by atoms with Crippen LogP contribution in [0.5, 0.6) is 5.75 Å². The third-order valence-corrected chi connectivity index (χ3v) is 4.61. The molecule has 1 heterocycles. The number of carbonyl (C=O) groups excluding carboxylic acids is 1. The van der Waals surface area contributed by atoms with Gasteiger partial charge in [-0.2, -0.15) is 5.10 Å². The fourth-order valence-electron chi connectivity index (χ4n) is 2.95. The number of benzene rings is 2. The first-order chi connectivity index (χ1) is 14.0. The molecule has 0 atom stereocenters. The molecule has 29 heavy (non-hydrogen) atoms. The van der Waals surface area contributed by atoms with Crippen LogP contribution in [0, 0.1) is 6.92 Å². The maximum atomic E-state index is 12.1. The molecular weight excluding hydrogens is 366 g/mol. The van der Waals surface area contributed by atoms with Crippen LogP contribution in [0.4, 0.5) is 0 Å². The maximum absolute atomic E-state index is 12.1. The number of nitrogens with zero attached hydrogens (tertiary/aromatic N) is 2. The summed E-state index contributed by atoms with van der Waals surface area (Å²) >= 11 is 0. The summed E-state index contributed by atoms with van der Waals surface area (Å²) in [5.74, 6) is 0.700. The van der Waals surface area contributed by atoms with Crippen molar-refractivity contribution in [3.05, 3.63) is 82.1 Å². The van der Waals surface area contributed by atoms with Crippen molar-refractivity contribution in [2.75, 3.05) is 7.11 Å². The number of aryl methyl sites for hydroxylation is 2. The van der Waals surface area contributed by atoms with Crippen molar-refractivity contribution >= 4 is 5.91 Å². The molecule has 0 aliphatic rings. The number of aromatic nitrogens is 2. The highest BCUT2D eigenvalue weighted by molar-refractivity contribution is 5.75. The van der Waals surface area contributed by atoms with Crippen LogP contribution in [0.15, 0.2) is 65.5 Å². The molecule has 1 aromatic heterocycles. The van der Waals surface area contributed by atoms with E-state index in [0.29, 0.717) is 25.9 Å². The Balaban J connectivity index is 1.53. The Labute approximate surface area is 170 Å². The highest BCUT2D eigenvalue weighted by Gasteiger charge is 2.06. The number of carbonyl (C=O) groups is 1. The number of hydrogen-bond acceptors (Lipinski definition) is 4. The molecule has 3 rings (SSSR count). The lowest BCUT2D eigenvalue weighted by Crippen LogP contribution is -2.25. The second kappa shape index (κ2) is 9.68. The zero-order chi connectivity index (χ0) is 20.6. The van der Waals surface area contributed by atoms with Gasteiger partial charge in [0.1, 0.15) is 5.75 Å². The van der Waals surface area contributed by atoms with Crippen molar-refractivity contribution in [2.24, 2.45) is 0 Å². The minimum absolute atomic E-state index is 0.0597. The van der Waals surface area contributed by atoms with Gasteiger partial charge in [0.2, 0.25) is 5.91 Å². The van der Waals surface area contributed by atoms with Gasteiger partial charge in [0.25, 0.3) is 5.56 Å². The van der Waals surface area contributed by atoms with Crippen molar-refractivity contribution in [2.45, 2.75) is 32.9 Å². The summed E-state index contributed by atoms with van der Waals surface area (Å²) in [6.07, 6.45) is 0.862. The van der Waals surface area contributed by atoms with Crippen molar-refractivity contribution in [3.8, 4) is 17.0 Å². The van der Waals surface area contributed by atoms with E-state index in [2.05, 4.69) is 10.4 Å². The molecule has 0 saturated carbocycles. The summed E-state index contributed by atoms with van der Waals surface area (Å²) in [5, 5.41) is 7.33. The van der Waals surface area contributed by atoms with E-state index < -0.39 is 0 Å². The van der Waals surface area contributed by atoms with Crippen LogP contribution in [-0.4, -0.2) is 22.8 Å². The Morgan fingerprint density at radius 2 is 1.90 bits per heavy atom. The second-order valence-corrected chi connectivity index (χ2v) is 6.88. The number of rotatable bonds is 8. The van der Waals surface area contributed by atoms with Gasteiger partial charge in [0.15, 0.2) is 0 Å². The molecule has 1 amide bonds. The van der Waals surface area contributed by atoms with E-state index in [9.17, 15) is 9.59 Å².